The summed E-state index contributed by atoms with van der Waals surface area (Å²) in [5, 5.41) is 15.1. The zero-order valence-corrected chi connectivity index (χ0v) is 13.9. The fourth-order valence-electron chi connectivity index (χ4n) is 3.74. The Morgan fingerprint density at radius 2 is 1.70 bits per heavy atom. The van der Waals surface area contributed by atoms with Gasteiger partial charge in [0.15, 0.2) is 0 Å². The summed E-state index contributed by atoms with van der Waals surface area (Å²) in [5.41, 5.74) is -1.12. The van der Waals surface area contributed by atoms with Gasteiger partial charge in [-0.2, -0.15) is 0 Å². The van der Waals surface area contributed by atoms with Gasteiger partial charge in [0.1, 0.15) is 5.54 Å². The summed E-state index contributed by atoms with van der Waals surface area (Å²) < 4.78 is 0. The number of carboxylic acids is 1. The number of carbonyl (C=O) groups excluding carboxylic acids is 2. The highest BCUT2D eigenvalue weighted by atomic mass is 16.4. The van der Waals surface area contributed by atoms with Gasteiger partial charge in [0.05, 0.1) is 0 Å². The van der Waals surface area contributed by atoms with Crippen LogP contribution in [0.4, 0.5) is 0 Å². The van der Waals surface area contributed by atoms with Crippen molar-refractivity contribution in [3.8, 4) is 0 Å². The first-order valence-corrected chi connectivity index (χ1v) is 8.78. The molecule has 0 aromatic rings. The molecule has 6 nitrogen and oxygen atoms in total. The van der Waals surface area contributed by atoms with Gasteiger partial charge < -0.3 is 15.7 Å². The van der Waals surface area contributed by atoms with Crippen molar-refractivity contribution in [2.45, 2.75) is 82.7 Å². The van der Waals surface area contributed by atoms with Crippen LogP contribution < -0.4 is 10.6 Å². The van der Waals surface area contributed by atoms with E-state index in [1.807, 2.05) is 0 Å². The molecule has 23 heavy (non-hydrogen) atoms. The summed E-state index contributed by atoms with van der Waals surface area (Å²) in [5.74, 6) is -1.15. The molecule has 2 aliphatic rings. The van der Waals surface area contributed by atoms with Gasteiger partial charge in [-0.15, -0.1) is 0 Å². The van der Waals surface area contributed by atoms with Crippen LogP contribution in [0.3, 0.4) is 0 Å². The molecule has 2 saturated carbocycles. The lowest BCUT2D eigenvalue weighted by Crippen LogP contribution is -2.56. The molecule has 0 spiro atoms. The third-order valence-electron chi connectivity index (χ3n) is 5.10. The van der Waals surface area contributed by atoms with E-state index in [0.29, 0.717) is 12.8 Å². The molecule has 130 valence electrons. The molecule has 0 heterocycles. The van der Waals surface area contributed by atoms with Crippen molar-refractivity contribution >= 4 is 17.8 Å². The number of amides is 2. The number of carbonyl (C=O) groups is 3. The molecule has 0 aromatic heterocycles. The number of carboxylic acid groups (broad SMARTS) is 1. The molecule has 2 amide bonds. The summed E-state index contributed by atoms with van der Waals surface area (Å²) in [6.45, 7) is 1.79. The fourth-order valence-corrected chi connectivity index (χ4v) is 3.74. The number of aliphatic carboxylic acids is 1. The highest BCUT2D eigenvalue weighted by Gasteiger charge is 2.41. The van der Waals surface area contributed by atoms with Crippen molar-refractivity contribution in [2.75, 3.05) is 0 Å². The minimum atomic E-state index is -1.12. The second-order valence-electron chi connectivity index (χ2n) is 7.09. The van der Waals surface area contributed by atoms with Crippen molar-refractivity contribution in [2.24, 2.45) is 5.92 Å². The first-order valence-electron chi connectivity index (χ1n) is 8.78. The lowest BCUT2D eigenvalue weighted by molar-refractivity contribution is -0.149. The van der Waals surface area contributed by atoms with E-state index < -0.39 is 11.5 Å². The van der Waals surface area contributed by atoms with Crippen LogP contribution in [0.15, 0.2) is 0 Å². The third kappa shape index (κ3) is 4.69. The smallest absolute Gasteiger partial charge is 0.329 e. The molecule has 1 atom stereocenters. The van der Waals surface area contributed by atoms with Crippen molar-refractivity contribution < 1.29 is 19.5 Å². The zero-order valence-electron chi connectivity index (χ0n) is 13.9. The fraction of sp³-hybridized carbons (Fsp3) is 0.824. The zero-order chi connectivity index (χ0) is 16.9. The molecule has 0 radical (unpaired) electrons. The summed E-state index contributed by atoms with van der Waals surface area (Å²) in [6, 6.07) is -0.280. The summed E-state index contributed by atoms with van der Waals surface area (Å²) in [4.78, 5) is 35.8. The molecular formula is C17H28N2O4. The van der Waals surface area contributed by atoms with Gasteiger partial charge in [0, 0.05) is 18.4 Å². The van der Waals surface area contributed by atoms with E-state index in [9.17, 15) is 19.5 Å². The van der Waals surface area contributed by atoms with Crippen LogP contribution in [0, 0.1) is 5.92 Å². The topological polar surface area (TPSA) is 95.5 Å². The molecule has 1 unspecified atom stereocenters. The van der Waals surface area contributed by atoms with Crippen LogP contribution in [0.2, 0.25) is 0 Å². The van der Waals surface area contributed by atoms with E-state index in [0.717, 1.165) is 44.9 Å². The van der Waals surface area contributed by atoms with Gasteiger partial charge in [0.2, 0.25) is 11.8 Å². The largest absolute Gasteiger partial charge is 0.480 e. The molecule has 2 rings (SSSR count). The standard InChI is InChI=1S/C17H28N2O4/c1-12(18-15(21)13-7-3-4-8-13)11-14(20)19-17(16(22)23)9-5-2-6-10-17/h12-13H,2-11H2,1H3,(H,18,21)(H,19,20)(H,22,23). The molecule has 3 N–H and O–H groups in total. The Hall–Kier alpha value is -1.59. The SMILES string of the molecule is CC(CC(=O)NC1(C(=O)O)CCCCC1)NC(=O)C1CCCC1. The highest BCUT2D eigenvalue weighted by Crippen LogP contribution is 2.29. The highest BCUT2D eigenvalue weighted by molar-refractivity contribution is 5.87. The second kappa shape index (κ2) is 7.79. The first kappa shape index (κ1) is 17.8. The maximum absolute atomic E-state index is 12.2. The van der Waals surface area contributed by atoms with Crippen LogP contribution >= 0.6 is 0 Å². The molecule has 0 aliphatic heterocycles. The van der Waals surface area contributed by atoms with E-state index in [1.165, 1.54) is 0 Å². The number of hydrogen-bond donors (Lipinski definition) is 3. The first-order chi connectivity index (χ1) is 10.9. The van der Waals surface area contributed by atoms with Crippen molar-refractivity contribution in [1.29, 1.82) is 0 Å². The van der Waals surface area contributed by atoms with Gasteiger partial charge in [-0.25, -0.2) is 4.79 Å². The quantitative estimate of drug-likeness (QED) is 0.696. The molecule has 0 bridgehead atoms. The maximum Gasteiger partial charge on any atom is 0.329 e. The van der Waals surface area contributed by atoms with Crippen LogP contribution in [0.1, 0.15) is 71.1 Å². The minimum absolute atomic E-state index is 0.0217. The molecule has 2 fully saturated rings. The molecule has 6 heteroatoms. The summed E-state index contributed by atoms with van der Waals surface area (Å²) in [7, 11) is 0. The van der Waals surface area contributed by atoms with Gasteiger partial charge in [0.25, 0.3) is 0 Å². The lowest BCUT2D eigenvalue weighted by Gasteiger charge is -2.34. The Balaban J connectivity index is 1.82. The Morgan fingerprint density at radius 3 is 2.26 bits per heavy atom. The van der Waals surface area contributed by atoms with E-state index >= 15 is 0 Å². The predicted octanol–water partition coefficient (Wildman–Crippen LogP) is 1.98. The van der Waals surface area contributed by atoms with Crippen LogP contribution in [0.5, 0.6) is 0 Å². The van der Waals surface area contributed by atoms with Gasteiger partial charge in [-0.05, 0) is 32.6 Å². The monoisotopic (exact) mass is 324 g/mol. The van der Waals surface area contributed by atoms with E-state index in [4.69, 9.17) is 0 Å². The van der Waals surface area contributed by atoms with Crippen LogP contribution in [0.25, 0.3) is 0 Å². The molecule has 0 saturated heterocycles. The van der Waals surface area contributed by atoms with Gasteiger partial charge in [-0.1, -0.05) is 32.1 Å². The average Bonchev–Trinajstić information content (AvgIpc) is 3.01. The second-order valence-corrected chi connectivity index (χ2v) is 7.09. The van der Waals surface area contributed by atoms with Crippen molar-refractivity contribution in [1.82, 2.24) is 10.6 Å². The number of nitrogens with one attached hydrogen (secondary N) is 2. The normalized spacial score (nSPS) is 22.3. The molecule has 2 aliphatic carbocycles. The lowest BCUT2D eigenvalue weighted by atomic mass is 9.81. The Bertz CT molecular complexity index is 452. The number of hydrogen-bond acceptors (Lipinski definition) is 3. The van der Waals surface area contributed by atoms with Gasteiger partial charge in [-0.3, -0.25) is 9.59 Å². The van der Waals surface area contributed by atoms with Crippen molar-refractivity contribution in [3.63, 3.8) is 0 Å². The van der Waals surface area contributed by atoms with Crippen LogP contribution in [-0.2, 0) is 14.4 Å². The van der Waals surface area contributed by atoms with Crippen molar-refractivity contribution in [3.05, 3.63) is 0 Å². The Kier molecular flexibility index (Phi) is 6.02. The van der Waals surface area contributed by atoms with E-state index in [1.54, 1.807) is 6.92 Å². The van der Waals surface area contributed by atoms with Gasteiger partial charge >= 0.3 is 5.97 Å². The number of rotatable bonds is 6. The third-order valence-corrected chi connectivity index (χ3v) is 5.10. The van der Waals surface area contributed by atoms with E-state index in [-0.39, 0.29) is 30.2 Å². The Morgan fingerprint density at radius 1 is 1.09 bits per heavy atom. The molecular weight excluding hydrogens is 296 g/mol. The Labute approximate surface area is 137 Å². The average molecular weight is 324 g/mol. The summed E-state index contributed by atoms with van der Waals surface area (Å²) in [6.07, 6.45) is 7.77. The minimum Gasteiger partial charge on any atom is -0.480 e. The van der Waals surface area contributed by atoms with E-state index in [2.05, 4.69) is 10.6 Å². The molecule has 0 aromatic carbocycles. The summed E-state index contributed by atoms with van der Waals surface area (Å²) >= 11 is 0. The predicted molar refractivity (Wildman–Crippen MR) is 85.8 cm³/mol. The maximum atomic E-state index is 12.2. The van der Waals surface area contributed by atoms with Crippen LogP contribution in [-0.4, -0.2) is 34.5 Å².